The van der Waals surface area contributed by atoms with E-state index in [1.54, 1.807) is 23.6 Å². The summed E-state index contributed by atoms with van der Waals surface area (Å²) >= 11 is 0. The van der Waals surface area contributed by atoms with Crippen LogP contribution in [0.15, 0.2) is 97.6 Å². The van der Waals surface area contributed by atoms with E-state index in [0.717, 1.165) is 28.8 Å². The molecule has 13 nitrogen and oxygen atoms in total. The van der Waals surface area contributed by atoms with Crippen LogP contribution >= 0.6 is 0 Å². The smallest absolute Gasteiger partial charge is 0.151 e. The van der Waals surface area contributed by atoms with Crippen molar-refractivity contribution < 1.29 is 24.4 Å². The van der Waals surface area contributed by atoms with E-state index < -0.39 is 23.4 Å². The van der Waals surface area contributed by atoms with Crippen molar-refractivity contribution in [3.63, 3.8) is 0 Å². The summed E-state index contributed by atoms with van der Waals surface area (Å²) in [5.41, 5.74) is 14.9. The first kappa shape index (κ1) is 39.8. The number of rotatable bonds is 13. The zero-order valence-electron chi connectivity index (χ0n) is 32.5. The molecule has 8 atom stereocenters. The van der Waals surface area contributed by atoms with Gasteiger partial charge in [-0.15, -0.1) is 0 Å². The molecule has 2 unspecified atom stereocenters. The van der Waals surface area contributed by atoms with Gasteiger partial charge in [0.1, 0.15) is 34.9 Å². The minimum atomic E-state index is -1.42. The normalized spacial score (nSPS) is 22.5. The average Bonchev–Trinajstić information content (AvgIpc) is 3.91. The van der Waals surface area contributed by atoms with Crippen molar-refractivity contribution in [3.8, 4) is 0 Å². The number of anilines is 2. The highest BCUT2D eigenvalue weighted by Crippen LogP contribution is 2.46. The number of aliphatic hydroxyl groups is 2. The Kier molecular flexibility index (Phi) is 12.2. The van der Waals surface area contributed by atoms with Gasteiger partial charge in [-0.05, 0) is 62.1 Å². The van der Waals surface area contributed by atoms with Gasteiger partial charge in [-0.3, -0.25) is 0 Å². The lowest BCUT2D eigenvalue weighted by Crippen LogP contribution is -2.47. The molecule has 0 radical (unpaired) electrons. The van der Waals surface area contributed by atoms with Crippen molar-refractivity contribution in [2.24, 2.45) is 11.8 Å². The third-order valence-corrected chi connectivity index (χ3v) is 11.0. The molecule has 0 spiro atoms. The molecule has 7 rings (SSSR count). The van der Waals surface area contributed by atoms with Crippen molar-refractivity contribution in [3.05, 3.63) is 120 Å². The number of nitrogens with zero attached hydrogens (tertiary/aromatic N) is 6. The number of nitrogen functional groups attached to an aromatic ring is 2. The number of aliphatic hydroxyl groups excluding tert-OH is 1. The zero-order valence-corrected chi connectivity index (χ0v) is 32.5. The number of hydrogen-bond acceptors (Lipinski definition) is 11. The molecule has 13 heteroatoms. The second-order valence-electron chi connectivity index (χ2n) is 14.8. The van der Waals surface area contributed by atoms with Gasteiger partial charge >= 0.3 is 0 Å². The van der Waals surface area contributed by atoms with Gasteiger partial charge in [0.15, 0.2) is 11.6 Å². The van der Waals surface area contributed by atoms with Gasteiger partial charge in [-0.25, -0.2) is 19.0 Å². The Morgan fingerprint density at radius 3 is 2.02 bits per heavy atom. The van der Waals surface area contributed by atoms with Crippen LogP contribution in [0.4, 0.5) is 11.6 Å². The molecule has 1 saturated heterocycles. The van der Waals surface area contributed by atoms with E-state index >= 15 is 0 Å². The number of hydrogen-bond donors (Lipinski definition) is 4. The molecule has 1 fully saturated rings. The summed E-state index contributed by atoms with van der Waals surface area (Å²) in [7, 11) is 0. The van der Waals surface area contributed by atoms with Gasteiger partial charge in [0.25, 0.3) is 0 Å². The second-order valence-corrected chi connectivity index (χ2v) is 14.8. The molecule has 1 aliphatic heterocycles. The highest BCUT2D eigenvalue weighted by Gasteiger charge is 2.53. The Morgan fingerprint density at radius 1 is 0.855 bits per heavy atom. The molecule has 0 amide bonds. The number of aromatic nitrogens is 6. The third kappa shape index (κ3) is 8.07. The molecule has 1 aliphatic rings. The molecule has 0 saturated carbocycles. The van der Waals surface area contributed by atoms with Crippen LogP contribution in [-0.4, -0.2) is 63.8 Å². The molecular weight excluding hydrogens is 697 g/mol. The molecular formula is C42H54N8O5. The van der Waals surface area contributed by atoms with Gasteiger partial charge in [0.2, 0.25) is 0 Å². The Balaban J connectivity index is 0.000000187. The van der Waals surface area contributed by atoms with E-state index in [2.05, 4.69) is 53.1 Å². The van der Waals surface area contributed by atoms with Gasteiger partial charge in [-0.1, -0.05) is 88.4 Å². The summed E-state index contributed by atoms with van der Waals surface area (Å²) in [4.78, 5) is 8.08. The standard InChI is InChI=1S/C21H28N4O3.C21H26N4O2/c1-4-17(26)14(2)19(28-12-15-8-6-5-7-9-15)21(3,27)18-11-10-16-20(22)23-13-24-25(16)18;1-4-17-14(2)19(26-12-15-8-6-5-7-9-15)21(3,27-17)18-11-10-16-20(22)23-13-24-25(16)18/h5-11,13-14,17,19,26-27H,4,12H2,1-3H3,(H2,22,23,24);5-11,13-14,17,19H,4,12H2,1-3H3,(H2,22,23,24)/t2*14-,17-,19-,21?/m11/s1. The van der Waals surface area contributed by atoms with Crippen LogP contribution in [-0.2, 0) is 38.6 Å². The zero-order chi connectivity index (χ0) is 39.3. The van der Waals surface area contributed by atoms with Crippen molar-refractivity contribution in [2.45, 2.75) is 103 Å². The first-order chi connectivity index (χ1) is 26.4. The van der Waals surface area contributed by atoms with Gasteiger partial charge in [0.05, 0.1) is 49.0 Å². The van der Waals surface area contributed by atoms with E-state index in [1.165, 1.54) is 12.7 Å². The molecule has 4 aromatic heterocycles. The van der Waals surface area contributed by atoms with E-state index in [1.807, 2.05) is 79.0 Å². The SMILES string of the molecule is CC[C@@H](O)[C@@H](C)[C@@H](OCc1ccccc1)C(C)(O)c1ccc2c(N)ncnn12.CC[C@H]1OC(C)(c2ccc3c(N)ncnn23)[C@H](OCc2ccccc2)[C@@H]1C. The fourth-order valence-electron chi connectivity index (χ4n) is 7.89. The Morgan fingerprint density at radius 2 is 1.42 bits per heavy atom. The molecule has 5 heterocycles. The van der Waals surface area contributed by atoms with Gasteiger partial charge in [0, 0.05) is 11.8 Å². The summed E-state index contributed by atoms with van der Waals surface area (Å²) in [5.74, 6) is 0.738. The number of benzene rings is 2. The van der Waals surface area contributed by atoms with Crippen LogP contribution in [0.25, 0.3) is 11.0 Å². The summed E-state index contributed by atoms with van der Waals surface area (Å²) < 4.78 is 22.6. The summed E-state index contributed by atoms with van der Waals surface area (Å²) in [5, 5.41) is 30.7. The van der Waals surface area contributed by atoms with Crippen molar-refractivity contribution in [1.29, 1.82) is 0 Å². The summed E-state index contributed by atoms with van der Waals surface area (Å²) in [6.07, 6.45) is 3.07. The van der Waals surface area contributed by atoms with E-state index in [9.17, 15) is 10.2 Å². The van der Waals surface area contributed by atoms with Crippen LogP contribution in [0.5, 0.6) is 0 Å². The number of ether oxygens (including phenoxy) is 3. The molecule has 2 aromatic carbocycles. The quantitative estimate of drug-likeness (QED) is 0.108. The molecule has 0 bridgehead atoms. The van der Waals surface area contributed by atoms with Crippen LogP contribution in [0.2, 0.25) is 0 Å². The first-order valence-corrected chi connectivity index (χ1v) is 19.0. The minimum Gasteiger partial charge on any atom is -0.393 e. The van der Waals surface area contributed by atoms with Gasteiger partial charge < -0.3 is 35.9 Å². The van der Waals surface area contributed by atoms with Crippen molar-refractivity contribution >= 4 is 22.7 Å². The maximum absolute atomic E-state index is 11.6. The molecule has 6 aromatic rings. The van der Waals surface area contributed by atoms with Crippen molar-refractivity contribution in [1.82, 2.24) is 29.2 Å². The lowest BCUT2D eigenvalue weighted by molar-refractivity contribution is -0.153. The predicted molar refractivity (Wildman–Crippen MR) is 212 cm³/mol. The fourth-order valence-corrected chi connectivity index (χ4v) is 7.89. The molecule has 292 valence electrons. The Bertz CT molecular complexity index is 2140. The van der Waals surface area contributed by atoms with E-state index in [0.29, 0.717) is 42.5 Å². The Hall–Kier alpha value is -4.92. The van der Waals surface area contributed by atoms with Gasteiger partial charge in [-0.2, -0.15) is 10.2 Å². The highest BCUT2D eigenvalue weighted by atomic mass is 16.6. The maximum Gasteiger partial charge on any atom is 0.151 e. The average molecular weight is 751 g/mol. The van der Waals surface area contributed by atoms with Crippen LogP contribution in [0.1, 0.15) is 76.9 Å². The van der Waals surface area contributed by atoms with Crippen LogP contribution in [0, 0.1) is 11.8 Å². The number of fused-ring (bicyclic) bond motifs is 2. The number of nitrogens with two attached hydrogens (primary N) is 2. The first-order valence-electron chi connectivity index (χ1n) is 19.0. The molecule has 55 heavy (non-hydrogen) atoms. The second kappa shape index (κ2) is 16.8. The fraction of sp³-hybridized carbons (Fsp3) is 0.429. The lowest BCUT2D eigenvalue weighted by atomic mass is 9.83. The Labute approximate surface area is 322 Å². The largest absolute Gasteiger partial charge is 0.393 e. The summed E-state index contributed by atoms with van der Waals surface area (Å²) in [6, 6.07) is 27.5. The summed E-state index contributed by atoms with van der Waals surface area (Å²) in [6.45, 7) is 12.8. The van der Waals surface area contributed by atoms with Crippen LogP contribution in [0.3, 0.4) is 0 Å². The topological polar surface area (TPSA) is 181 Å². The maximum atomic E-state index is 11.6. The highest BCUT2D eigenvalue weighted by molar-refractivity contribution is 5.66. The lowest BCUT2D eigenvalue weighted by Gasteiger charge is -2.38. The van der Waals surface area contributed by atoms with E-state index in [-0.39, 0.29) is 24.0 Å². The molecule has 6 N–H and O–H groups in total. The predicted octanol–water partition coefficient (Wildman–Crippen LogP) is 6.07. The third-order valence-electron chi connectivity index (χ3n) is 11.0. The van der Waals surface area contributed by atoms with Crippen LogP contribution < -0.4 is 11.5 Å². The monoisotopic (exact) mass is 750 g/mol. The molecule has 0 aliphatic carbocycles. The van der Waals surface area contributed by atoms with E-state index in [4.69, 9.17) is 25.7 Å². The van der Waals surface area contributed by atoms with Crippen molar-refractivity contribution in [2.75, 3.05) is 11.5 Å². The minimum absolute atomic E-state index is 0.100.